The molecule has 1 aliphatic rings. The average Bonchev–Trinajstić information content (AvgIpc) is 2.38. The first-order valence-corrected chi connectivity index (χ1v) is 7.44. The molecular weight excluding hydrogens is 288 g/mol. The largest absolute Gasteiger partial charge is 0.444 e. The predicted molar refractivity (Wildman–Crippen MR) is 80.5 cm³/mol. The maximum atomic E-state index is 12.3. The van der Waals surface area contributed by atoms with Crippen LogP contribution in [0.25, 0.3) is 0 Å². The third kappa shape index (κ3) is 5.29. The van der Waals surface area contributed by atoms with Gasteiger partial charge in [0.2, 0.25) is 5.91 Å². The van der Waals surface area contributed by atoms with E-state index in [1.54, 1.807) is 32.6 Å². The Morgan fingerprint density at radius 1 is 1.27 bits per heavy atom. The predicted octanol–water partition coefficient (Wildman–Crippen LogP) is 1.06. The summed E-state index contributed by atoms with van der Waals surface area (Å²) in [6, 6.07) is -0.582. The van der Waals surface area contributed by atoms with Gasteiger partial charge in [0.05, 0.1) is 0 Å². The van der Waals surface area contributed by atoms with Gasteiger partial charge in [-0.2, -0.15) is 0 Å². The van der Waals surface area contributed by atoms with Gasteiger partial charge in [0, 0.05) is 33.2 Å². The second-order valence-corrected chi connectivity index (χ2v) is 6.40. The second-order valence-electron chi connectivity index (χ2n) is 6.40. The number of carbonyl (C=O) groups is 3. The zero-order valence-electron chi connectivity index (χ0n) is 14.0. The SMILES string of the molecule is COCC(=O)CCN1CCN(C(=O)OC(C)(C)C)[C@@H](C)C1=O. The molecule has 0 unspecified atom stereocenters. The fourth-order valence-corrected chi connectivity index (χ4v) is 2.21. The topological polar surface area (TPSA) is 76.2 Å². The van der Waals surface area contributed by atoms with Crippen molar-refractivity contribution in [3.8, 4) is 0 Å². The molecule has 1 rings (SSSR count). The highest BCUT2D eigenvalue weighted by Gasteiger charge is 2.36. The van der Waals surface area contributed by atoms with Crippen molar-refractivity contribution in [1.82, 2.24) is 9.80 Å². The van der Waals surface area contributed by atoms with Crippen LogP contribution in [-0.4, -0.2) is 72.6 Å². The Morgan fingerprint density at radius 3 is 2.45 bits per heavy atom. The van der Waals surface area contributed by atoms with E-state index in [-0.39, 0.29) is 24.7 Å². The van der Waals surface area contributed by atoms with Crippen LogP contribution in [0.2, 0.25) is 0 Å². The Morgan fingerprint density at radius 2 is 1.91 bits per heavy atom. The Kier molecular flexibility index (Phi) is 6.34. The summed E-state index contributed by atoms with van der Waals surface area (Å²) in [5.74, 6) is -0.208. The van der Waals surface area contributed by atoms with Crippen LogP contribution in [0, 0.1) is 0 Å². The summed E-state index contributed by atoms with van der Waals surface area (Å²) in [5.41, 5.74) is -0.594. The number of nitrogens with zero attached hydrogens (tertiary/aromatic N) is 2. The number of hydrogen-bond donors (Lipinski definition) is 0. The lowest BCUT2D eigenvalue weighted by atomic mass is 10.1. The van der Waals surface area contributed by atoms with Crippen LogP contribution in [0.3, 0.4) is 0 Å². The van der Waals surface area contributed by atoms with Gasteiger partial charge < -0.3 is 14.4 Å². The van der Waals surface area contributed by atoms with Crippen LogP contribution in [0.1, 0.15) is 34.1 Å². The zero-order chi connectivity index (χ0) is 16.9. The van der Waals surface area contributed by atoms with Crippen molar-refractivity contribution in [3.05, 3.63) is 0 Å². The van der Waals surface area contributed by atoms with Crippen LogP contribution in [0.15, 0.2) is 0 Å². The number of hydrogen-bond acceptors (Lipinski definition) is 5. The van der Waals surface area contributed by atoms with Crippen LogP contribution in [0.5, 0.6) is 0 Å². The molecule has 1 heterocycles. The van der Waals surface area contributed by atoms with Crippen LogP contribution < -0.4 is 0 Å². The summed E-state index contributed by atoms with van der Waals surface area (Å²) in [4.78, 5) is 38.9. The van der Waals surface area contributed by atoms with Gasteiger partial charge in [-0.3, -0.25) is 14.5 Å². The minimum Gasteiger partial charge on any atom is -0.444 e. The van der Waals surface area contributed by atoms with Crippen molar-refractivity contribution < 1.29 is 23.9 Å². The minimum absolute atomic E-state index is 0.0440. The molecule has 1 saturated heterocycles. The van der Waals surface area contributed by atoms with E-state index < -0.39 is 17.7 Å². The minimum atomic E-state index is -0.594. The molecule has 0 saturated carbocycles. The molecule has 7 nitrogen and oxygen atoms in total. The molecule has 0 N–H and O–H groups in total. The van der Waals surface area contributed by atoms with Crippen molar-refractivity contribution in [2.45, 2.75) is 45.8 Å². The first-order valence-electron chi connectivity index (χ1n) is 7.44. The fraction of sp³-hybridized carbons (Fsp3) is 0.800. The third-order valence-corrected chi connectivity index (χ3v) is 3.34. The van der Waals surface area contributed by atoms with E-state index in [1.807, 2.05) is 0 Å². The van der Waals surface area contributed by atoms with Gasteiger partial charge >= 0.3 is 6.09 Å². The highest BCUT2D eigenvalue weighted by Crippen LogP contribution is 2.16. The van der Waals surface area contributed by atoms with Crippen molar-refractivity contribution in [2.24, 2.45) is 0 Å². The van der Waals surface area contributed by atoms with Crippen molar-refractivity contribution in [3.63, 3.8) is 0 Å². The molecule has 0 radical (unpaired) electrons. The number of Topliss-reactive ketones (excluding diaryl/α,β-unsaturated/α-hetero) is 1. The molecule has 0 bridgehead atoms. The van der Waals surface area contributed by atoms with E-state index >= 15 is 0 Å². The first kappa shape index (κ1) is 18.4. The van der Waals surface area contributed by atoms with Gasteiger partial charge in [0.25, 0.3) is 0 Å². The summed E-state index contributed by atoms with van der Waals surface area (Å²) >= 11 is 0. The molecule has 1 fully saturated rings. The molecular formula is C15H26N2O5. The third-order valence-electron chi connectivity index (χ3n) is 3.34. The number of ketones is 1. The quantitative estimate of drug-likeness (QED) is 0.758. The average molecular weight is 314 g/mol. The molecule has 22 heavy (non-hydrogen) atoms. The summed E-state index contributed by atoms with van der Waals surface area (Å²) in [6.07, 6.45) is -0.220. The number of rotatable bonds is 5. The van der Waals surface area contributed by atoms with Crippen molar-refractivity contribution in [1.29, 1.82) is 0 Å². The number of ether oxygens (including phenoxy) is 2. The monoisotopic (exact) mass is 314 g/mol. The van der Waals surface area contributed by atoms with Gasteiger partial charge in [-0.15, -0.1) is 0 Å². The molecule has 0 aromatic heterocycles. The van der Waals surface area contributed by atoms with E-state index in [0.717, 1.165) is 0 Å². The number of methoxy groups -OCH3 is 1. The smallest absolute Gasteiger partial charge is 0.411 e. The lowest BCUT2D eigenvalue weighted by molar-refractivity contribution is -0.141. The summed E-state index contributed by atoms with van der Waals surface area (Å²) in [5, 5.41) is 0. The van der Waals surface area contributed by atoms with Gasteiger partial charge in [0.15, 0.2) is 5.78 Å². The van der Waals surface area contributed by atoms with Gasteiger partial charge in [-0.1, -0.05) is 0 Å². The molecule has 2 amide bonds. The first-order chi connectivity index (χ1) is 10.2. The Labute approximate surface area is 131 Å². The molecule has 1 aliphatic heterocycles. The molecule has 1 atom stereocenters. The molecule has 126 valence electrons. The Balaban J connectivity index is 2.56. The van der Waals surface area contributed by atoms with Crippen molar-refractivity contribution >= 4 is 17.8 Å². The molecule has 0 spiro atoms. The van der Waals surface area contributed by atoms with E-state index in [2.05, 4.69) is 0 Å². The van der Waals surface area contributed by atoms with Crippen LogP contribution >= 0.6 is 0 Å². The Hall–Kier alpha value is -1.63. The lowest BCUT2D eigenvalue weighted by Gasteiger charge is -2.39. The van der Waals surface area contributed by atoms with E-state index in [4.69, 9.17) is 9.47 Å². The van der Waals surface area contributed by atoms with Crippen LogP contribution in [-0.2, 0) is 19.1 Å². The number of carbonyl (C=O) groups excluding carboxylic acids is 3. The van der Waals surface area contributed by atoms with Gasteiger partial charge in [-0.25, -0.2) is 4.79 Å². The normalized spacial score (nSPS) is 19.3. The van der Waals surface area contributed by atoms with E-state index in [0.29, 0.717) is 19.6 Å². The Bertz CT molecular complexity index is 430. The highest BCUT2D eigenvalue weighted by atomic mass is 16.6. The fourth-order valence-electron chi connectivity index (χ4n) is 2.21. The highest BCUT2D eigenvalue weighted by molar-refractivity contribution is 5.87. The van der Waals surface area contributed by atoms with E-state index in [1.165, 1.54) is 12.0 Å². The maximum Gasteiger partial charge on any atom is 0.411 e. The molecule has 7 heteroatoms. The number of amides is 2. The second kappa shape index (κ2) is 7.58. The van der Waals surface area contributed by atoms with E-state index in [9.17, 15) is 14.4 Å². The lowest BCUT2D eigenvalue weighted by Crippen LogP contribution is -2.58. The van der Waals surface area contributed by atoms with Gasteiger partial charge in [-0.05, 0) is 27.7 Å². The van der Waals surface area contributed by atoms with Gasteiger partial charge in [0.1, 0.15) is 18.2 Å². The number of piperazine rings is 1. The van der Waals surface area contributed by atoms with Crippen LogP contribution in [0.4, 0.5) is 4.79 Å². The zero-order valence-corrected chi connectivity index (χ0v) is 14.0. The summed E-state index contributed by atoms with van der Waals surface area (Å²) < 4.78 is 10.1. The molecule has 0 aliphatic carbocycles. The maximum absolute atomic E-state index is 12.3. The summed E-state index contributed by atoms with van der Waals surface area (Å²) in [6.45, 7) is 8.26. The van der Waals surface area contributed by atoms with Crippen molar-refractivity contribution in [2.75, 3.05) is 33.4 Å². The standard InChI is InChI=1S/C15H26N2O5/c1-11-13(19)16(7-6-12(18)10-21-5)8-9-17(11)14(20)22-15(2,3)4/h11H,6-10H2,1-5H3/t11-/m0/s1. The summed E-state index contributed by atoms with van der Waals surface area (Å²) in [7, 11) is 1.46. The molecule has 0 aromatic carbocycles. The molecule has 0 aromatic rings.